The second-order valence-electron chi connectivity index (χ2n) is 8.18. The predicted molar refractivity (Wildman–Crippen MR) is 125 cm³/mol. The van der Waals surface area contributed by atoms with E-state index in [1.807, 2.05) is 20.1 Å². The lowest BCUT2D eigenvalue weighted by Crippen LogP contribution is -2.51. The van der Waals surface area contributed by atoms with Gasteiger partial charge in [-0.3, -0.25) is 4.90 Å². The van der Waals surface area contributed by atoms with E-state index in [0.717, 1.165) is 51.5 Å². The molecular formula is C23H35FN4OS. The number of likely N-dealkylation sites (tertiary alicyclic amines) is 1. The first-order valence-electron chi connectivity index (χ1n) is 11.0. The number of nitrogens with zero attached hydrogens (tertiary/aromatic N) is 4. The van der Waals surface area contributed by atoms with Crippen molar-refractivity contribution in [3.05, 3.63) is 46.1 Å². The van der Waals surface area contributed by atoms with Gasteiger partial charge >= 0.3 is 0 Å². The van der Waals surface area contributed by atoms with Crippen LogP contribution in [0.5, 0.6) is 0 Å². The smallest absolute Gasteiger partial charge is 0.140 e. The van der Waals surface area contributed by atoms with Gasteiger partial charge in [0.25, 0.3) is 0 Å². The predicted octanol–water partition coefficient (Wildman–Crippen LogP) is 4.94. The molecule has 5 nitrogen and oxygen atoms in total. The quantitative estimate of drug-likeness (QED) is 0.506. The molecule has 0 saturated carbocycles. The lowest BCUT2D eigenvalue weighted by atomic mass is 10.00. The van der Waals surface area contributed by atoms with Crippen LogP contribution in [0.1, 0.15) is 40.5 Å². The molecule has 3 aliphatic heterocycles. The third-order valence-corrected chi connectivity index (χ3v) is 6.57. The van der Waals surface area contributed by atoms with Gasteiger partial charge in [-0.1, -0.05) is 19.9 Å². The standard InChI is InChI=1S/C23H35FN4OS/c1-5-21(24)12-22-19(4)27(10-7-11-29-22)17-26(6-2)14-20-15-28(16-20)23-9-8-18(3)13-25-30-23/h8-9,12-13,20H,5-7,10-11,14-17H2,1-4H3/b21-12+. The average Bonchev–Trinajstić information content (AvgIpc) is 3.02. The third kappa shape index (κ3) is 6.14. The monoisotopic (exact) mass is 434 g/mol. The van der Waals surface area contributed by atoms with Gasteiger partial charge < -0.3 is 14.5 Å². The highest BCUT2D eigenvalue weighted by atomic mass is 32.2. The number of hydrogen-bond acceptors (Lipinski definition) is 6. The fourth-order valence-electron chi connectivity index (χ4n) is 3.79. The molecule has 3 heterocycles. The van der Waals surface area contributed by atoms with Crippen molar-refractivity contribution in [1.29, 1.82) is 0 Å². The van der Waals surface area contributed by atoms with Gasteiger partial charge in [-0.25, -0.2) is 8.79 Å². The fourth-order valence-corrected chi connectivity index (χ4v) is 4.51. The van der Waals surface area contributed by atoms with Crippen LogP contribution in [0.2, 0.25) is 0 Å². The second-order valence-corrected chi connectivity index (χ2v) is 8.99. The lowest BCUT2D eigenvalue weighted by molar-refractivity contribution is 0.0801. The van der Waals surface area contributed by atoms with E-state index < -0.39 is 0 Å². The van der Waals surface area contributed by atoms with Crippen LogP contribution < -0.4 is 0 Å². The molecule has 1 saturated heterocycles. The number of hydrogen-bond donors (Lipinski definition) is 0. The van der Waals surface area contributed by atoms with Crippen molar-refractivity contribution in [3.8, 4) is 0 Å². The first kappa shape index (κ1) is 22.9. The minimum atomic E-state index is -0.131. The minimum Gasteiger partial charge on any atom is -0.492 e. The van der Waals surface area contributed by atoms with Gasteiger partial charge in [0.15, 0.2) is 0 Å². The van der Waals surface area contributed by atoms with Crippen molar-refractivity contribution in [1.82, 2.24) is 14.7 Å². The van der Waals surface area contributed by atoms with E-state index in [1.165, 1.54) is 10.6 Å². The Kier molecular flexibility index (Phi) is 8.45. The Morgan fingerprint density at radius 3 is 2.87 bits per heavy atom. The van der Waals surface area contributed by atoms with E-state index in [1.54, 1.807) is 18.0 Å². The van der Waals surface area contributed by atoms with Crippen molar-refractivity contribution in [2.24, 2.45) is 10.3 Å². The van der Waals surface area contributed by atoms with Crippen LogP contribution in [0, 0.1) is 5.92 Å². The summed E-state index contributed by atoms with van der Waals surface area (Å²) in [6.07, 6.45) is 9.14. The van der Waals surface area contributed by atoms with Gasteiger partial charge in [-0.2, -0.15) is 0 Å². The highest BCUT2D eigenvalue weighted by Gasteiger charge is 2.30. The SMILES string of the molecule is CC/C(F)=C\C1=C(C)N(CN(CC)CC2CN(C3=CC=C(C)C=NS3)C2)CCCO1. The first-order valence-corrected chi connectivity index (χ1v) is 11.8. The highest BCUT2D eigenvalue weighted by Crippen LogP contribution is 2.31. The summed E-state index contributed by atoms with van der Waals surface area (Å²) in [5.74, 6) is 1.21. The normalized spacial score (nSPS) is 21.2. The lowest BCUT2D eigenvalue weighted by Gasteiger charge is -2.44. The number of ether oxygens (including phenoxy) is 1. The van der Waals surface area contributed by atoms with E-state index in [0.29, 0.717) is 24.7 Å². The Morgan fingerprint density at radius 1 is 1.33 bits per heavy atom. The van der Waals surface area contributed by atoms with Crippen molar-refractivity contribution in [2.75, 3.05) is 46.0 Å². The third-order valence-electron chi connectivity index (χ3n) is 5.78. The molecule has 0 aromatic rings. The molecule has 0 bridgehead atoms. The zero-order chi connectivity index (χ0) is 21.5. The molecule has 0 aromatic heterocycles. The van der Waals surface area contributed by atoms with E-state index in [9.17, 15) is 4.39 Å². The average molecular weight is 435 g/mol. The highest BCUT2D eigenvalue weighted by molar-refractivity contribution is 8.01. The molecule has 0 atom stereocenters. The number of allylic oxidation sites excluding steroid dienone is 6. The van der Waals surface area contributed by atoms with Crippen LogP contribution in [0.25, 0.3) is 0 Å². The van der Waals surface area contributed by atoms with Crippen LogP contribution in [0.15, 0.2) is 50.5 Å². The van der Waals surface area contributed by atoms with Gasteiger partial charge in [0, 0.05) is 56.3 Å². The van der Waals surface area contributed by atoms with Crippen molar-refractivity contribution in [3.63, 3.8) is 0 Å². The van der Waals surface area contributed by atoms with Gasteiger partial charge in [-0.15, -0.1) is 0 Å². The van der Waals surface area contributed by atoms with Gasteiger partial charge in [0.05, 0.1) is 24.0 Å². The molecular weight excluding hydrogens is 399 g/mol. The van der Waals surface area contributed by atoms with E-state index in [2.05, 4.69) is 45.1 Å². The van der Waals surface area contributed by atoms with Crippen LogP contribution in [-0.2, 0) is 4.74 Å². The van der Waals surface area contributed by atoms with Crippen molar-refractivity contribution in [2.45, 2.75) is 40.5 Å². The maximum absolute atomic E-state index is 13.8. The number of rotatable bonds is 8. The summed E-state index contributed by atoms with van der Waals surface area (Å²) in [5, 5.41) is 1.24. The Morgan fingerprint density at radius 2 is 2.13 bits per heavy atom. The Balaban J connectivity index is 1.55. The van der Waals surface area contributed by atoms with Crippen molar-refractivity contribution >= 4 is 18.2 Å². The molecule has 30 heavy (non-hydrogen) atoms. The molecule has 0 aromatic carbocycles. The minimum absolute atomic E-state index is 0.131. The summed E-state index contributed by atoms with van der Waals surface area (Å²) in [6, 6.07) is 0. The zero-order valence-electron chi connectivity index (χ0n) is 18.7. The van der Waals surface area contributed by atoms with Crippen LogP contribution >= 0.6 is 11.9 Å². The summed E-state index contributed by atoms with van der Waals surface area (Å²) < 4.78 is 24.1. The Labute approximate surface area is 185 Å². The molecule has 0 aliphatic carbocycles. The first-order chi connectivity index (χ1) is 14.5. The molecule has 0 spiro atoms. The summed E-state index contributed by atoms with van der Waals surface area (Å²) in [4.78, 5) is 7.25. The second kappa shape index (κ2) is 11.0. The van der Waals surface area contributed by atoms with E-state index in [-0.39, 0.29) is 5.83 Å². The molecule has 0 unspecified atom stereocenters. The largest absolute Gasteiger partial charge is 0.492 e. The summed E-state index contributed by atoms with van der Waals surface area (Å²) in [5.41, 5.74) is 2.22. The summed E-state index contributed by atoms with van der Waals surface area (Å²) >= 11 is 1.56. The zero-order valence-corrected chi connectivity index (χ0v) is 19.6. The van der Waals surface area contributed by atoms with E-state index >= 15 is 0 Å². The molecule has 7 heteroatoms. The van der Waals surface area contributed by atoms with Crippen molar-refractivity contribution < 1.29 is 9.13 Å². The molecule has 0 radical (unpaired) electrons. The molecule has 0 amide bonds. The van der Waals surface area contributed by atoms with E-state index in [4.69, 9.17) is 4.74 Å². The van der Waals surface area contributed by atoms with Gasteiger partial charge in [0.2, 0.25) is 0 Å². The molecule has 3 rings (SSSR count). The number of halogens is 1. The fraction of sp³-hybridized carbons (Fsp3) is 0.609. The molecule has 166 valence electrons. The summed E-state index contributed by atoms with van der Waals surface area (Å²) in [7, 11) is 0. The topological polar surface area (TPSA) is 31.3 Å². The van der Waals surface area contributed by atoms with Crippen LogP contribution in [-0.4, -0.2) is 66.9 Å². The summed E-state index contributed by atoms with van der Waals surface area (Å²) in [6.45, 7) is 14.8. The maximum Gasteiger partial charge on any atom is 0.140 e. The van der Waals surface area contributed by atoms with Gasteiger partial charge in [-0.05, 0) is 44.9 Å². The van der Waals surface area contributed by atoms with Crippen LogP contribution in [0.4, 0.5) is 4.39 Å². The Bertz CT molecular complexity index is 752. The molecule has 3 aliphatic rings. The maximum atomic E-state index is 13.8. The van der Waals surface area contributed by atoms with Crippen LogP contribution in [0.3, 0.4) is 0 Å². The molecule has 0 N–H and O–H groups in total. The Hall–Kier alpha value is -1.73. The molecule has 1 fully saturated rings. The van der Waals surface area contributed by atoms with Gasteiger partial charge in [0.1, 0.15) is 11.6 Å².